The molecule has 0 aliphatic heterocycles. The quantitative estimate of drug-likeness (QED) is 0.637. The van der Waals surface area contributed by atoms with Crippen LogP contribution in [0.25, 0.3) is 0 Å². The summed E-state index contributed by atoms with van der Waals surface area (Å²) in [6, 6.07) is 13.5. The van der Waals surface area contributed by atoms with Crippen LogP contribution in [0.15, 0.2) is 58.8 Å². The number of nitrogens with two attached hydrogens (primary N) is 1. The van der Waals surface area contributed by atoms with Crippen LogP contribution in [0.5, 0.6) is 0 Å². The molecular formula is C13H11N3O2. The number of carboxylic acids is 1. The zero-order valence-corrected chi connectivity index (χ0v) is 9.45. The normalized spacial score (nSPS) is 10.7. The summed E-state index contributed by atoms with van der Waals surface area (Å²) >= 11 is 0. The Hall–Kier alpha value is -2.69. The molecule has 2 aromatic carbocycles. The highest BCUT2D eigenvalue weighted by Gasteiger charge is 2.05. The number of benzene rings is 2. The third-order valence-electron chi connectivity index (χ3n) is 2.30. The number of aromatic carboxylic acids is 1. The standard InChI is InChI=1S/C13H11N3O2/c14-11-8-9(13(17)18)6-7-12(11)16-15-10-4-2-1-3-5-10/h1-8H,14H2,(H,17,18). The van der Waals surface area contributed by atoms with Gasteiger partial charge >= 0.3 is 5.97 Å². The zero-order valence-electron chi connectivity index (χ0n) is 9.45. The molecule has 0 bridgehead atoms. The Morgan fingerprint density at radius 2 is 1.78 bits per heavy atom. The number of azo groups is 1. The van der Waals surface area contributed by atoms with Crippen molar-refractivity contribution >= 4 is 23.0 Å². The molecular weight excluding hydrogens is 230 g/mol. The van der Waals surface area contributed by atoms with E-state index >= 15 is 0 Å². The van der Waals surface area contributed by atoms with Crippen LogP contribution in [0.1, 0.15) is 10.4 Å². The Morgan fingerprint density at radius 1 is 1.06 bits per heavy atom. The second kappa shape index (κ2) is 5.09. The number of hydrogen-bond donors (Lipinski definition) is 2. The fraction of sp³-hybridized carbons (Fsp3) is 0. The first-order chi connectivity index (χ1) is 8.66. The highest BCUT2D eigenvalue weighted by Crippen LogP contribution is 2.25. The molecule has 0 spiro atoms. The number of nitrogens with zero attached hydrogens (tertiary/aromatic N) is 2. The van der Waals surface area contributed by atoms with Crippen LogP contribution in [-0.4, -0.2) is 11.1 Å². The van der Waals surface area contributed by atoms with Crippen LogP contribution in [0.2, 0.25) is 0 Å². The first-order valence-corrected chi connectivity index (χ1v) is 5.26. The molecule has 0 heterocycles. The maximum Gasteiger partial charge on any atom is 0.335 e. The molecule has 18 heavy (non-hydrogen) atoms. The number of rotatable bonds is 3. The molecule has 0 amide bonds. The van der Waals surface area contributed by atoms with Gasteiger partial charge in [-0.2, -0.15) is 5.11 Å². The topological polar surface area (TPSA) is 88.0 Å². The minimum Gasteiger partial charge on any atom is -0.478 e. The van der Waals surface area contributed by atoms with Gasteiger partial charge in [-0.25, -0.2) is 4.79 Å². The van der Waals surface area contributed by atoms with E-state index in [1.54, 1.807) is 0 Å². The van der Waals surface area contributed by atoms with Gasteiger partial charge in [0.2, 0.25) is 0 Å². The molecule has 5 heteroatoms. The molecule has 90 valence electrons. The van der Waals surface area contributed by atoms with E-state index in [4.69, 9.17) is 10.8 Å². The average molecular weight is 241 g/mol. The van der Waals surface area contributed by atoms with Crippen molar-refractivity contribution in [2.75, 3.05) is 5.73 Å². The van der Waals surface area contributed by atoms with E-state index in [0.717, 1.165) is 0 Å². The van der Waals surface area contributed by atoms with Crippen molar-refractivity contribution in [3.8, 4) is 0 Å². The summed E-state index contributed by atoms with van der Waals surface area (Å²) in [5.41, 5.74) is 7.28. The lowest BCUT2D eigenvalue weighted by Gasteiger charge is -2.00. The van der Waals surface area contributed by atoms with Gasteiger partial charge in [0.25, 0.3) is 0 Å². The maximum atomic E-state index is 10.7. The Balaban J connectivity index is 2.25. The highest BCUT2D eigenvalue weighted by molar-refractivity contribution is 5.90. The predicted octanol–water partition coefficient (Wildman–Crippen LogP) is 3.38. The molecule has 0 saturated heterocycles. The lowest BCUT2D eigenvalue weighted by atomic mass is 10.2. The molecule has 5 nitrogen and oxygen atoms in total. The molecule has 3 N–H and O–H groups in total. The fourth-order valence-electron chi connectivity index (χ4n) is 1.38. The van der Waals surface area contributed by atoms with E-state index in [9.17, 15) is 4.79 Å². The number of anilines is 1. The maximum absolute atomic E-state index is 10.7. The van der Waals surface area contributed by atoms with E-state index < -0.39 is 5.97 Å². The van der Waals surface area contributed by atoms with Gasteiger partial charge in [0, 0.05) is 0 Å². The first kappa shape index (κ1) is 11.8. The lowest BCUT2D eigenvalue weighted by Crippen LogP contribution is -1.97. The van der Waals surface area contributed by atoms with Crippen molar-refractivity contribution in [1.82, 2.24) is 0 Å². The summed E-state index contributed by atoms with van der Waals surface area (Å²) in [5.74, 6) is -1.02. The van der Waals surface area contributed by atoms with Gasteiger partial charge in [0.15, 0.2) is 0 Å². The summed E-state index contributed by atoms with van der Waals surface area (Å²) < 4.78 is 0. The van der Waals surface area contributed by atoms with Gasteiger partial charge in [-0.15, -0.1) is 5.11 Å². The molecule has 0 saturated carbocycles. The predicted molar refractivity (Wildman–Crippen MR) is 68.4 cm³/mol. The molecule has 0 radical (unpaired) electrons. The molecule has 0 fully saturated rings. The van der Waals surface area contributed by atoms with Crippen LogP contribution >= 0.6 is 0 Å². The molecule has 0 aliphatic carbocycles. The third kappa shape index (κ3) is 2.70. The SMILES string of the molecule is Nc1cc(C(=O)O)ccc1N=Nc1ccccc1. The van der Waals surface area contributed by atoms with Gasteiger partial charge in [-0.3, -0.25) is 0 Å². The van der Waals surface area contributed by atoms with Crippen molar-refractivity contribution in [2.24, 2.45) is 10.2 Å². The number of hydrogen-bond acceptors (Lipinski definition) is 4. The van der Waals surface area contributed by atoms with Gasteiger partial charge in [0.1, 0.15) is 5.69 Å². The molecule has 0 aliphatic rings. The van der Waals surface area contributed by atoms with Crippen LogP contribution < -0.4 is 5.73 Å². The van der Waals surface area contributed by atoms with Gasteiger partial charge in [0.05, 0.1) is 16.9 Å². The summed E-state index contributed by atoms with van der Waals surface area (Å²) in [6.45, 7) is 0. The van der Waals surface area contributed by atoms with E-state index in [1.807, 2.05) is 30.3 Å². The molecule has 0 unspecified atom stereocenters. The Labute approximate surface area is 104 Å². The smallest absolute Gasteiger partial charge is 0.335 e. The zero-order chi connectivity index (χ0) is 13.0. The number of carbonyl (C=O) groups is 1. The minimum atomic E-state index is -1.02. The van der Waals surface area contributed by atoms with Crippen LogP contribution in [0, 0.1) is 0 Å². The summed E-state index contributed by atoms with van der Waals surface area (Å²) in [6.07, 6.45) is 0. The third-order valence-corrected chi connectivity index (χ3v) is 2.30. The van der Waals surface area contributed by atoms with Crippen molar-refractivity contribution in [3.05, 3.63) is 54.1 Å². The summed E-state index contributed by atoms with van der Waals surface area (Å²) in [5, 5.41) is 16.8. The highest BCUT2D eigenvalue weighted by atomic mass is 16.4. The fourth-order valence-corrected chi connectivity index (χ4v) is 1.38. The monoisotopic (exact) mass is 241 g/mol. The van der Waals surface area contributed by atoms with Crippen molar-refractivity contribution < 1.29 is 9.90 Å². The van der Waals surface area contributed by atoms with Crippen molar-refractivity contribution in [3.63, 3.8) is 0 Å². The summed E-state index contributed by atoms with van der Waals surface area (Å²) in [4.78, 5) is 10.7. The van der Waals surface area contributed by atoms with Crippen LogP contribution in [0.3, 0.4) is 0 Å². The largest absolute Gasteiger partial charge is 0.478 e. The van der Waals surface area contributed by atoms with Crippen LogP contribution in [-0.2, 0) is 0 Å². The second-order valence-electron chi connectivity index (χ2n) is 3.61. The minimum absolute atomic E-state index is 0.131. The van der Waals surface area contributed by atoms with Gasteiger partial charge in [-0.1, -0.05) is 18.2 Å². The van der Waals surface area contributed by atoms with Crippen LogP contribution in [0.4, 0.5) is 17.1 Å². The molecule has 0 aromatic heterocycles. The van der Waals surface area contributed by atoms with Gasteiger partial charge < -0.3 is 10.8 Å². The van der Waals surface area contributed by atoms with Crippen molar-refractivity contribution in [1.29, 1.82) is 0 Å². The second-order valence-corrected chi connectivity index (χ2v) is 3.61. The van der Waals surface area contributed by atoms with E-state index in [-0.39, 0.29) is 11.3 Å². The van der Waals surface area contributed by atoms with E-state index in [0.29, 0.717) is 11.4 Å². The summed E-state index contributed by atoms with van der Waals surface area (Å²) in [7, 11) is 0. The van der Waals surface area contributed by atoms with E-state index in [2.05, 4.69) is 10.2 Å². The van der Waals surface area contributed by atoms with Gasteiger partial charge in [-0.05, 0) is 30.3 Å². The van der Waals surface area contributed by atoms with Crippen molar-refractivity contribution in [2.45, 2.75) is 0 Å². The molecule has 2 rings (SSSR count). The number of carboxylic acid groups (broad SMARTS) is 1. The molecule has 0 atom stereocenters. The lowest BCUT2D eigenvalue weighted by molar-refractivity contribution is 0.0697. The number of nitrogen functional groups attached to an aromatic ring is 1. The average Bonchev–Trinajstić information content (AvgIpc) is 2.38. The Kier molecular flexibility index (Phi) is 3.33. The Morgan fingerprint density at radius 3 is 2.39 bits per heavy atom. The van der Waals surface area contributed by atoms with E-state index in [1.165, 1.54) is 18.2 Å². The first-order valence-electron chi connectivity index (χ1n) is 5.26. The Bertz CT molecular complexity index is 594. The molecule has 2 aromatic rings.